The van der Waals surface area contributed by atoms with Crippen molar-refractivity contribution in [1.29, 1.82) is 0 Å². The van der Waals surface area contributed by atoms with Crippen LogP contribution in [0.15, 0.2) is 24.3 Å². The van der Waals surface area contributed by atoms with Crippen LogP contribution < -0.4 is 0 Å². The molecule has 1 atom stereocenters. The van der Waals surface area contributed by atoms with Crippen LogP contribution in [0.5, 0.6) is 0 Å². The maximum Gasteiger partial charge on any atom is 0.306 e. The minimum absolute atomic E-state index is 0.0744. The molecule has 0 aromatic rings. The zero-order valence-electron chi connectivity index (χ0n) is 35.3. The van der Waals surface area contributed by atoms with Crippen molar-refractivity contribution in [2.75, 3.05) is 13.2 Å². The van der Waals surface area contributed by atoms with Gasteiger partial charge in [0.15, 0.2) is 6.10 Å². The molecule has 0 fully saturated rings. The number of hydrogen-bond acceptors (Lipinski definition) is 6. The molecule has 1 unspecified atom stereocenters. The van der Waals surface area contributed by atoms with Crippen LogP contribution in [0.25, 0.3) is 0 Å². The van der Waals surface area contributed by atoms with Gasteiger partial charge in [-0.2, -0.15) is 0 Å². The fourth-order valence-corrected chi connectivity index (χ4v) is 6.44. The standard InChI is InChI=1S/C47H86O6/c1-4-7-10-13-16-19-22-24-26-28-31-34-37-40-46(49)52-43-44(42-51-45(48)39-36-33-30-27-21-18-15-12-9-6-3)53-47(50)41-38-35-32-29-25-23-20-17-14-11-8-5-2/h12,15,17,20,44H,4-11,13-14,16,18-19,21-43H2,1-3H3/b15-12-,20-17-. The molecule has 6 heteroatoms. The Morgan fingerprint density at radius 1 is 0.358 bits per heavy atom. The van der Waals surface area contributed by atoms with Gasteiger partial charge in [-0.25, -0.2) is 0 Å². The summed E-state index contributed by atoms with van der Waals surface area (Å²) in [7, 11) is 0. The van der Waals surface area contributed by atoms with Crippen LogP contribution in [0, 0.1) is 0 Å². The molecule has 53 heavy (non-hydrogen) atoms. The summed E-state index contributed by atoms with van der Waals surface area (Å²) >= 11 is 0. The maximum absolute atomic E-state index is 12.7. The molecule has 0 aromatic carbocycles. The maximum atomic E-state index is 12.7. The van der Waals surface area contributed by atoms with Crippen molar-refractivity contribution in [2.24, 2.45) is 0 Å². The van der Waals surface area contributed by atoms with E-state index < -0.39 is 6.10 Å². The van der Waals surface area contributed by atoms with E-state index in [2.05, 4.69) is 45.1 Å². The number of carbonyl (C=O) groups is 3. The molecular weight excluding hydrogens is 661 g/mol. The van der Waals surface area contributed by atoms with Gasteiger partial charge in [0.05, 0.1) is 0 Å². The molecule has 0 bridgehead atoms. The highest BCUT2D eigenvalue weighted by atomic mass is 16.6. The van der Waals surface area contributed by atoms with Crippen LogP contribution in [-0.2, 0) is 28.6 Å². The molecule has 0 saturated heterocycles. The summed E-state index contributed by atoms with van der Waals surface area (Å²) in [6.07, 6.45) is 45.8. The molecule has 310 valence electrons. The number of esters is 3. The molecule has 0 aliphatic carbocycles. The summed E-state index contributed by atoms with van der Waals surface area (Å²) in [4.78, 5) is 37.7. The van der Waals surface area contributed by atoms with Crippen molar-refractivity contribution < 1.29 is 28.6 Å². The third-order valence-electron chi connectivity index (χ3n) is 9.91. The zero-order valence-corrected chi connectivity index (χ0v) is 35.3. The fourth-order valence-electron chi connectivity index (χ4n) is 6.44. The van der Waals surface area contributed by atoms with Gasteiger partial charge in [-0.3, -0.25) is 14.4 Å². The van der Waals surface area contributed by atoms with Gasteiger partial charge in [0.25, 0.3) is 0 Å². The molecule has 0 aliphatic rings. The van der Waals surface area contributed by atoms with E-state index >= 15 is 0 Å². The lowest BCUT2D eigenvalue weighted by Gasteiger charge is -2.18. The van der Waals surface area contributed by atoms with Crippen molar-refractivity contribution in [3.63, 3.8) is 0 Å². The van der Waals surface area contributed by atoms with Gasteiger partial charge >= 0.3 is 17.9 Å². The summed E-state index contributed by atoms with van der Waals surface area (Å²) in [6.45, 7) is 6.54. The highest BCUT2D eigenvalue weighted by Crippen LogP contribution is 2.15. The quantitative estimate of drug-likeness (QED) is 0.0268. The fraction of sp³-hybridized carbons (Fsp3) is 0.851. The van der Waals surface area contributed by atoms with Gasteiger partial charge in [0, 0.05) is 19.3 Å². The second kappa shape index (κ2) is 42.6. The first-order valence-electron chi connectivity index (χ1n) is 22.8. The SMILES string of the molecule is CCC/C=C\CCCCCCCC(=O)OCC(COC(=O)CCCCCCCCCCCCCCC)OC(=O)CCCCCCC/C=C\CCCCC. The molecule has 0 amide bonds. The largest absolute Gasteiger partial charge is 0.462 e. The molecule has 0 rings (SSSR count). The minimum Gasteiger partial charge on any atom is -0.462 e. The number of rotatable bonds is 41. The second-order valence-electron chi connectivity index (χ2n) is 15.3. The van der Waals surface area contributed by atoms with E-state index in [4.69, 9.17) is 14.2 Å². The number of ether oxygens (including phenoxy) is 3. The van der Waals surface area contributed by atoms with Crippen LogP contribution in [0.1, 0.15) is 239 Å². The average Bonchev–Trinajstić information content (AvgIpc) is 3.15. The van der Waals surface area contributed by atoms with Crippen molar-refractivity contribution in [3.05, 3.63) is 24.3 Å². The molecule has 6 nitrogen and oxygen atoms in total. The molecule has 0 N–H and O–H groups in total. The first-order valence-corrected chi connectivity index (χ1v) is 22.8. The molecular formula is C47H86O6. The topological polar surface area (TPSA) is 78.9 Å². The minimum atomic E-state index is -0.771. The van der Waals surface area contributed by atoms with Crippen LogP contribution in [0.3, 0.4) is 0 Å². The Balaban J connectivity index is 4.36. The Labute approximate surface area is 328 Å². The molecule has 0 saturated carbocycles. The third-order valence-corrected chi connectivity index (χ3v) is 9.91. The lowest BCUT2D eigenvalue weighted by molar-refractivity contribution is -0.167. The van der Waals surface area contributed by atoms with Crippen LogP contribution in [0.2, 0.25) is 0 Å². The van der Waals surface area contributed by atoms with Crippen LogP contribution in [-0.4, -0.2) is 37.2 Å². The van der Waals surface area contributed by atoms with Crippen molar-refractivity contribution in [2.45, 2.75) is 245 Å². The van der Waals surface area contributed by atoms with E-state index in [9.17, 15) is 14.4 Å². The Hall–Kier alpha value is -2.11. The molecule has 0 aliphatic heterocycles. The predicted octanol–water partition coefficient (Wildman–Crippen LogP) is 14.4. The normalized spacial score (nSPS) is 12.1. The Morgan fingerprint density at radius 3 is 1.06 bits per heavy atom. The van der Waals surface area contributed by atoms with Gasteiger partial charge in [0.2, 0.25) is 0 Å². The van der Waals surface area contributed by atoms with E-state index in [0.717, 1.165) is 77.0 Å². The highest BCUT2D eigenvalue weighted by Gasteiger charge is 2.19. The zero-order chi connectivity index (χ0) is 38.7. The number of carbonyl (C=O) groups excluding carboxylic acids is 3. The number of hydrogen-bond donors (Lipinski definition) is 0. The lowest BCUT2D eigenvalue weighted by Crippen LogP contribution is -2.30. The van der Waals surface area contributed by atoms with Gasteiger partial charge in [-0.15, -0.1) is 0 Å². The van der Waals surface area contributed by atoms with E-state index in [0.29, 0.717) is 19.3 Å². The lowest BCUT2D eigenvalue weighted by atomic mass is 10.0. The first-order chi connectivity index (χ1) is 26.0. The highest BCUT2D eigenvalue weighted by molar-refractivity contribution is 5.71. The van der Waals surface area contributed by atoms with Crippen LogP contribution >= 0.6 is 0 Å². The third kappa shape index (κ3) is 40.9. The van der Waals surface area contributed by atoms with E-state index in [1.165, 1.54) is 122 Å². The number of allylic oxidation sites excluding steroid dienone is 4. The van der Waals surface area contributed by atoms with Gasteiger partial charge < -0.3 is 14.2 Å². The Bertz CT molecular complexity index is 865. The molecule has 0 radical (unpaired) electrons. The Kier molecular flexibility index (Phi) is 40.9. The smallest absolute Gasteiger partial charge is 0.306 e. The molecule has 0 spiro atoms. The van der Waals surface area contributed by atoms with Crippen molar-refractivity contribution in [3.8, 4) is 0 Å². The predicted molar refractivity (Wildman–Crippen MR) is 224 cm³/mol. The van der Waals surface area contributed by atoms with E-state index in [-0.39, 0.29) is 31.1 Å². The van der Waals surface area contributed by atoms with E-state index in [1.807, 2.05) is 0 Å². The van der Waals surface area contributed by atoms with E-state index in [1.54, 1.807) is 0 Å². The summed E-state index contributed by atoms with van der Waals surface area (Å²) in [5, 5.41) is 0. The molecule has 0 heterocycles. The van der Waals surface area contributed by atoms with Crippen molar-refractivity contribution >= 4 is 17.9 Å². The summed E-state index contributed by atoms with van der Waals surface area (Å²) in [5.41, 5.74) is 0. The Morgan fingerprint density at radius 2 is 0.660 bits per heavy atom. The van der Waals surface area contributed by atoms with Gasteiger partial charge in [-0.1, -0.05) is 180 Å². The number of unbranched alkanes of at least 4 members (excludes halogenated alkanes) is 26. The molecule has 0 aromatic heterocycles. The van der Waals surface area contributed by atoms with Gasteiger partial charge in [0.1, 0.15) is 13.2 Å². The summed E-state index contributed by atoms with van der Waals surface area (Å²) in [6, 6.07) is 0. The van der Waals surface area contributed by atoms with Crippen molar-refractivity contribution in [1.82, 2.24) is 0 Å². The summed E-state index contributed by atoms with van der Waals surface area (Å²) < 4.78 is 16.7. The van der Waals surface area contributed by atoms with Gasteiger partial charge in [-0.05, 0) is 64.2 Å². The second-order valence-corrected chi connectivity index (χ2v) is 15.3. The summed E-state index contributed by atoms with van der Waals surface area (Å²) in [5.74, 6) is -0.891. The first kappa shape index (κ1) is 50.9. The van der Waals surface area contributed by atoms with Crippen LogP contribution in [0.4, 0.5) is 0 Å². The average molecular weight is 747 g/mol. The monoisotopic (exact) mass is 747 g/mol.